The number of halogens is 3. The lowest BCUT2D eigenvalue weighted by atomic mass is 10.1. The zero-order valence-corrected chi connectivity index (χ0v) is 15.3. The standard InChI is InChI=1S/C18H18BrF2N3O/c1-23-6-8-24(9-7-23)17-5-2-12(10-15(17)21)18(25)22-16-4-3-13(20)11-14(16)19/h2-5,10-11H,6-9H2,1H3,(H,22,25). The number of anilines is 2. The number of carbonyl (C=O) groups is 1. The van der Waals surface area contributed by atoms with Crippen molar-refractivity contribution in [3.8, 4) is 0 Å². The highest BCUT2D eigenvalue weighted by atomic mass is 79.9. The Morgan fingerprint density at radius 2 is 1.80 bits per heavy atom. The number of nitrogens with zero attached hydrogens (tertiary/aromatic N) is 2. The third-order valence-corrected chi connectivity index (χ3v) is 4.89. The van der Waals surface area contributed by atoms with Crippen molar-refractivity contribution in [1.82, 2.24) is 4.90 Å². The molecule has 0 aromatic heterocycles. The summed E-state index contributed by atoms with van der Waals surface area (Å²) in [6.45, 7) is 3.25. The van der Waals surface area contributed by atoms with Gasteiger partial charge in [0.25, 0.3) is 5.91 Å². The first-order chi connectivity index (χ1) is 11.9. The van der Waals surface area contributed by atoms with Crippen molar-refractivity contribution < 1.29 is 13.6 Å². The molecule has 4 nitrogen and oxygen atoms in total. The van der Waals surface area contributed by atoms with Gasteiger partial charge in [0.15, 0.2) is 0 Å². The molecule has 1 amide bonds. The summed E-state index contributed by atoms with van der Waals surface area (Å²) >= 11 is 3.19. The van der Waals surface area contributed by atoms with Gasteiger partial charge in [-0.05, 0) is 59.4 Å². The summed E-state index contributed by atoms with van der Waals surface area (Å²) in [7, 11) is 2.04. The summed E-state index contributed by atoms with van der Waals surface area (Å²) in [5, 5.41) is 2.65. The van der Waals surface area contributed by atoms with Crippen molar-refractivity contribution in [2.75, 3.05) is 43.4 Å². The SMILES string of the molecule is CN1CCN(c2ccc(C(=O)Nc3ccc(F)cc3Br)cc2F)CC1. The van der Waals surface area contributed by atoms with Crippen LogP contribution in [0.1, 0.15) is 10.4 Å². The number of piperazine rings is 1. The number of carbonyl (C=O) groups excluding carboxylic acids is 1. The van der Waals surface area contributed by atoms with Gasteiger partial charge in [0.1, 0.15) is 11.6 Å². The number of hydrogen-bond donors (Lipinski definition) is 1. The van der Waals surface area contributed by atoms with Gasteiger partial charge in [0, 0.05) is 36.2 Å². The first-order valence-electron chi connectivity index (χ1n) is 7.93. The van der Waals surface area contributed by atoms with Crippen LogP contribution in [0.3, 0.4) is 0 Å². The van der Waals surface area contributed by atoms with Gasteiger partial charge in [-0.2, -0.15) is 0 Å². The number of amides is 1. The maximum absolute atomic E-state index is 14.5. The molecule has 2 aromatic rings. The van der Waals surface area contributed by atoms with Crippen LogP contribution in [-0.2, 0) is 0 Å². The normalized spacial score (nSPS) is 15.3. The lowest BCUT2D eigenvalue weighted by Crippen LogP contribution is -2.44. The maximum Gasteiger partial charge on any atom is 0.255 e. The predicted molar refractivity (Wildman–Crippen MR) is 98.2 cm³/mol. The Balaban J connectivity index is 1.74. The van der Waals surface area contributed by atoms with Crippen LogP contribution >= 0.6 is 15.9 Å². The van der Waals surface area contributed by atoms with Gasteiger partial charge in [-0.25, -0.2) is 8.78 Å². The topological polar surface area (TPSA) is 35.6 Å². The van der Waals surface area contributed by atoms with Gasteiger partial charge in [-0.15, -0.1) is 0 Å². The summed E-state index contributed by atoms with van der Waals surface area (Å²) in [5.74, 6) is -1.28. The van der Waals surface area contributed by atoms with E-state index in [0.29, 0.717) is 15.8 Å². The van der Waals surface area contributed by atoms with E-state index in [4.69, 9.17) is 0 Å². The zero-order chi connectivity index (χ0) is 18.0. The van der Waals surface area contributed by atoms with Crippen molar-refractivity contribution in [2.45, 2.75) is 0 Å². The summed E-state index contributed by atoms with van der Waals surface area (Å²) in [6, 6.07) is 8.43. The molecule has 25 heavy (non-hydrogen) atoms. The highest BCUT2D eigenvalue weighted by Gasteiger charge is 2.19. The van der Waals surface area contributed by atoms with Crippen LogP contribution in [0.25, 0.3) is 0 Å². The molecule has 0 spiro atoms. The average molecular weight is 410 g/mol. The number of likely N-dealkylation sites (N-methyl/N-ethyl adjacent to an activating group) is 1. The predicted octanol–water partition coefficient (Wildman–Crippen LogP) is 3.73. The minimum Gasteiger partial charge on any atom is -0.367 e. The molecule has 2 aromatic carbocycles. The van der Waals surface area contributed by atoms with E-state index in [1.165, 1.54) is 24.3 Å². The van der Waals surface area contributed by atoms with Crippen LogP contribution < -0.4 is 10.2 Å². The van der Waals surface area contributed by atoms with E-state index in [9.17, 15) is 13.6 Å². The fraction of sp³-hybridized carbons (Fsp3) is 0.278. The Morgan fingerprint density at radius 1 is 1.08 bits per heavy atom. The van der Waals surface area contributed by atoms with Gasteiger partial charge in [0.05, 0.1) is 11.4 Å². The van der Waals surface area contributed by atoms with Crippen molar-refractivity contribution in [2.24, 2.45) is 0 Å². The molecule has 1 aliphatic heterocycles. The van der Waals surface area contributed by atoms with E-state index in [0.717, 1.165) is 26.2 Å². The molecule has 3 rings (SSSR count). The quantitative estimate of drug-likeness (QED) is 0.838. The van der Waals surface area contributed by atoms with Crippen LogP contribution in [0.15, 0.2) is 40.9 Å². The highest BCUT2D eigenvalue weighted by molar-refractivity contribution is 9.10. The van der Waals surface area contributed by atoms with E-state index >= 15 is 0 Å². The van der Waals surface area contributed by atoms with Gasteiger partial charge in [-0.1, -0.05) is 0 Å². The van der Waals surface area contributed by atoms with Gasteiger partial charge < -0.3 is 15.1 Å². The van der Waals surface area contributed by atoms with Crippen LogP contribution in [0, 0.1) is 11.6 Å². The number of rotatable bonds is 3. The molecule has 0 unspecified atom stereocenters. The molecule has 7 heteroatoms. The minimum absolute atomic E-state index is 0.214. The molecule has 1 heterocycles. The first kappa shape index (κ1) is 17.8. The zero-order valence-electron chi connectivity index (χ0n) is 13.7. The first-order valence-corrected chi connectivity index (χ1v) is 8.73. The second kappa shape index (κ2) is 7.49. The molecule has 1 saturated heterocycles. The number of hydrogen-bond acceptors (Lipinski definition) is 3. The van der Waals surface area contributed by atoms with Gasteiger partial charge >= 0.3 is 0 Å². The minimum atomic E-state index is -0.448. The Labute approximate surface area is 153 Å². The van der Waals surface area contributed by atoms with Crippen molar-refractivity contribution >= 4 is 33.2 Å². The third kappa shape index (κ3) is 4.16. The second-order valence-corrected chi connectivity index (χ2v) is 6.89. The highest BCUT2D eigenvalue weighted by Crippen LogP contribution is 2.25. The lowest BCUT2D eigenvalue weighted by molar-refractivity contribution is 0.102. The molecule has 132 valence electrons. The molecular weight excluding hydrogens is 392 g/mol. The molecule has 0 saturated carbocycles. The fourth-order valence-electron chi connectivity index (χ4n) is 2.74. The number of benzene rings is 2. The van der Waals surface area contributed by atoms with E-state index < -0.39 is 17.5 Å². The Hall–Kier alpha value is -1.99. The Morgan fingerprint density at radius 3 is 2.44 bits per heavy atom. The van der Waals surface area contributed by atoms with E-state index in [2.05, 4.69) is 26.1 Å². The molecule has 1 fully saturated rings. The fourth-order valence-corrected chi connectivity index (χ4v) is 3.19. The molecule has 0 atom stereocenters. The molecular formula is C18H18BrF2N3O. The van der Waals surface area contributed by atoms with E-state index in [-0.39, 0.29) is 5.56 Å². The Kier molecular flexibility index (Phi) is 5.34. The maximum atomic E-state index is 14.5. The lowest BCUT2D eigenvalue weighted by Gasteiger charge is -2.34. The van der Waals surface area contributed by atoms with E-state index in [1.807, 2.05) is 11.9 Å². The van der Waals surface area contributed by atoms with Gasteiger partial charge in [-0.3, -0.25) is 4.79 Å². The monoisotopic (exact) mass is 409 g/mol. The van der Waals surface area contributed by atoms with Crippen LogP contribution in [0.5, 0.6) is 0 Å². The number of nitrogens with one attached hydrogen (secondary N) is 1. The molecule has 0 aliphatic carbocycles. The van der Waals surface area contributed by atoms with E-state index in [1.54, 1.807) is 12.1 Å². The van der Waals surface area contributed by atoms with Gasteiger partial charge in [0.2, 0.25) is 0 Å². The smallest absolute Gasteiger partial charge is 0.255 e. The van der Waals surface area contributed by atoms with Crippen LogP contribution in [0.4, 0.5) is 20.2 Å². The molecule has 1 N–H and O–H groups in total. The molecule has 1 aliphatic rings. The summed E-state index contributed by atoms with van der Waals surface area (Å²) in [6.07, 6.45) is 0. The molecule has 0 radical (unpaired) electrons. The van der Waals surface area contributed by atoms with Crippen molar-refractivity contribution in [3.63, 3.8) is 0 Å². The van der Waals surface area contributed by atoms with Crippen LogP contribution in [0.2, 0.25) is 0 Å². The second-order valence-electron chi connectivity index (χ2n) is 6.03. The average Bonchev–Trinajstić information content (AvgIpc) is 2.58. The van der Waals surface area contributed by atoms with Crippen LogP contribution in [-0.4, -0.2) is 44.0 Å². The Bertz CT molecular complexity index is 792. The summed E-state index contributed by atoms with van der Waals surface area (Å²) in [5.41, 5.74) is 1.15. The third-order valence-electron chi connectivity index (χ3n) is 4.23. The van der Waals surface area contributed by atoms with Crippen molar-refractivity contribution in [1.29, 1.82) is 0 Å². The summed E-state index contributed by atoms with van der Waals surface area (Å²) in [4.78, 5) is 16.5. The molecule has 0 bridgehead atoms. The largest absolute Gasteiger partial charge is 0.367 e. The van der Waals surface area contributed by atoms with Crippen molar-refractivity contribution in [3.05, 3.63) is 58.1 Å². The summed E-state index contributed by atoms with van der Waals surface area (Å²) < 4.78 is 28.0.